The fourth-order valence-corrected chi connectivity index (χ4v) is 7.34. The average molecular weight is 771 g/mol. The first-order chi connectivity index (χ1) is 26.2. The standard InChI is InChI=1S/C44H54N2O10/c1-25-21-35(45(27(25)3)41(51)55-43(5,6)7)39(49)53-23-37(47)30-19-17-29(18-20-30)31-13-11-15-33-32(31)14-12-16-34(33)38(48)24-54-40(50)36-22-26(2)28(4)46(36)42(52)56-44(8,9)10/h11-20,25-28,35-36H,21-24H2,1-10H3/t25-,26-,27-,28-,35+,36+/m1/s1. The molecule has 2 aliphatic heterocycles. The second kappa shape index (κ2) is 16.5. The van der Waals surface area contributed by atoms with E-state index in [1.54, 1.807) is 77.9 Å². The highest BCUT2D eigenvalue weighted by atomic mass is 16.6. The number of amides is 2. The summed E-state index contributed by atoms with van der Waals surface area (Å²) in [6.45, 7) is 17.2. The number of ketones is 2. The van der Waals surface area contributed by atoms with Crippen molar-refractivity contribution in [3.63, 3.8) is 0 Å². The molecule has 0 aliphatic carbocycles. The van der Waals surface area contributed by atoms with Gasteiger partial charge < -0.3 is 18.9 Å². The van der Waals surface area contributed by atoms with Crippen LogP contribution in [0.4, 0.5) is 9.59 Å². The summed E-state index contributed by atoms with van der Waals surface area (Å²) in [6.07, 6.45) is -0.390. The summed E-state index contributed by atoms with van der Waals surface area (Å²) in [5.74, 6) is -2.03. The SMILES string of the molecule is C[C@@H]1C[C@@H](C(=O)OCC(=O)c2ccc(-c3cccc4c(C(=O)COC(=O)[C@@H]5C[C@@H](C)[C@@H](C)N5C(=O)OC(C)(C)C)cccc34)cc2)N(C(=O)OC(C)(C)C)[C@@H]1C. The van der Waals surface area contributed by atoms with Crippen molar-refractivity contribution in [2.24, 2.45) is 11.8 Å². The molecule has 0 spiro atoms. The van der Waals surface area contributed by atoms with Gasteiger partial charge in [-0.1, -0.05) is 74.5 Å². The first-order valence-corrected chi connectivity index (χ1v) is 19.2. The number of fused-ring (bicyclic) bond motifs is 1. The molecule has 0 aromatic heterocycles. The van der Waals surface area contributed by atoms with Crippen LogP contribution in [0.2, 0.25) is 0 Å². The van der Waals surface area contributed by atoms with Gasteiger partial charge in [0.15, 0.2) is 19.0 Å². The number of Topliss-reactive ketones (excluding diaryl/α,β-unsaturated/α-hetero) is 2. The van der Waals surface area contributed by atoms with E-state index in [1.165, 1.54) is 9.80 Å². The second-order valence-corrected chi connectivity index (χ2v) is 17.1. The molecule has 2 fully saturated rings. The van der Waals surface area contributed by atoms with Crippen LogP contribution in [0.1, 0.15) is 103 Å². The van der Waals surface area contributed by atoms with Crippen molar-refractivity contribution in [2.75, 3.05) is 13.2 Å². The Morgan fingerprint density at radius 2 is 1.04 bits per heavy atom. The largest absolute Gasteiger partial charge is 0.456 e. The molecule has 12 nitrogen and oxygen atoms in total. The van der Waals surface area contributed by atoms with Gasteiger partial charge in [-0.2, -0.15) is 0 Å². The van der Waals surface area contributed by atoms with E-state index in [1.807, 2.05) is 52.0 Å². The fraction of sp³-hybridized carbons (Fsp3) is 0.500. The van der Waals surface area contributed by atoms with Gasteiger partial charge in [0.25, 0.3) is 0 Å². The highest BCUT2D eigenvalue weighted by molar-refractivity contribution is 6.12. The summed E-state index contributed by atoms with van der Waals surface area (Å²) in [5.41, 5.74) is 0.845. The van der Waals surface area contributed by atoms with Crippen LogP contribution in [0.5, 0.6) is 0 Å². The molecule has 2 saturated heterocycles. The molecular formula is C44H54N2O10. The zero-order valence-corrected chi connectivity index (χ0v) is 34.0. The zero-order valence-electron chi connectivity index (χ0n) is 34.0. The highest BCUT2D eigenvalue weighted by Crippen LogP contribution is 2.34. The molecule has 2 heterocycles. The maximum Gasteiger partial charge on any atom is 0.411 e. The van der Waals surface area contributed by atoms with Crippen LogP contribution in [-0.2, 0) is 28.5 Å². The van der Waals surface area contributed by atoms with Crippen molar-refractivity contribution in [1.82, 2.24) is 9.80 Å². The molecule has 0 N–H and O–H groups in total. The van der Waals surface area contributed by atoms with Crippen molar-refractivity contribution >= 4 is 46.5 Å². The zero-order chi connectivity index (χ0) is 41.3. The lowest BCUT2D eigenvalue weighted by molar-refractivity contribution is -0.148. The first kappa shape index (κ1) is 41.9. The molecule has 300 valence electrons. The minimum atomic E-state index is -0.863. The third-order valence-electron chi connectivity index (χ3n) is 10.6. The number of hydrogen-bond acceptors (Lipinski definition) is 10. The van der Waals surface area contributed by atoms with Gasteiger partial charge in [-0.25, -0.2) is 19.2 Å². The molecular weight excluding hydrogens is 716 g/mol. The number of esters is 2. The quantitative estimate of drug-likeness (QED) is 0.119. The number of carbonyl (C=O) groups excluding carboxylic acids is 6. The molecule has 0 saturated carbocycles. The van der Waals surface area contributed by atoms with Crippen LogP contribution in [0.25, 0.3) is 21.9 Å². The molecule has 2 aliphatic rings. The Morgan fingerprint density at radius 1 is 0.589 bits per heavy atom. The minimum Gasteiger partial charge on any atom is -0.456 e. The van der Waals surface area contributed by atoms with E-state index < -0.39 is 72.2 Å². The van der Waals surface area contributed by atoms with Crippen LogP contribution in [0, 0.1) is 11.8 Å². The number of benzene rings is 3. The van der Waals surface area contributed by atoms with E-state index in [4.69, 9.17) is 18.9 Å². The predicted molar refractivity (Wildman–Crippen MR) is 210 cm³/mol. The fourth-order valence-electron chi connectivity index (χ4n) is 7.34. The maximum absolute atomic E-state index is 13.5. The number of hydrogen-bond donors (Lipinski definition) is 0. The van der Waals surface area contributed by atoms with Gasteiger partial charge in [-0.15, -0.1) is 0 Å². The Balaban J connectivity index is 1.24. The summed E-state index contributed by atoms with van der Waals surface area (Å²) in [5, 5.41) is 1.44. The Kier molecular flexibility index (Phi) is 12.3. The summed E-state index contributed by atoms with van der Waals surface area (Å²) < 4.78 is 22.1. The molecule has 0 bridgehead atoms. The van der Waals surface area contributed by atoms with E-state index in [0.717, 1.165) is 16.5 Å². The number of likely N-dealkylation sites (tertiary alicyclic amines) is 2. The maximum atomic E-state index is 13.5. The molecule has 2 amide bonds. The lowest BCUT2D eigenvalue weighted by Crippen LogP contribution is -2.47. The third-order valence-corrected chi connectivity index (χ3v) is 10.6. The lowest BCUT2D eigenvalue weighted by Gasteiger charge is -2.30. The van der Waals surface area contributed by atoms with Crippen LogP contribution < -0.4 is 0 Å². The monoisotopic (exact) mass is 770 g/mol. The summed E-state index contributed by atoms with van der Waals surface area (Å²) in [4.78, 5) is 81.8. The minimum absolute atomic E-state index is 0.0327. The van der Waals surface area contributed by atoms with Crippen LogP contribution >= 0.6 is 0 Å². The molecule has 3 aromatic rings. The molecule has 5 rings (SSSR count). The average Bonchev–Trinajstić information content (AvgIpc) is 3.60. The van der Waals surface area contributed by atoms with E-state index >= 15 is 0 Å². The summed E-state index contributed by atoms with van der Waals surface area (Å²) in [6, 6.07) is 15.5. The predicted octanol–water partition coefficient (Wildman–Crippen LogP) is 8.03. The van der Waals surface area contributed by atoms with Crippen LogP contribution in [0.3, 0.4) is 0 Å². The Morgan fingerprint density at radius 3 is 1.52 bits per heavy atom. The van der Waals surface area contributed by atoms with Gasteiger partial charge >= 0.3 is 24.1 Å². The molecule has 0 unspecified atom stereocenters. The number of rotatable bonds is 9. The van der Waals surface area contributed by atoms with E-state index in [0.29, 0.717) is 29.4 Å². The molecule has 6 atom stereocenters. The van der Waals surface area contributed by atoms with E-state index in [2.05, 4.69) is 0 Å². The van der Waals surface area contributed by atoms with Crippen LogP contribution in [-0.4, -0.2) is 94.1 Å². The number of ether oxygens (including phenoxy) is 4. The molecule has 12 heteroatoms. The van der Waals surface area contributed by atoms with Gasteiger partial charge in [0.1, 0.15) is 23.3 Å². The number of carbonyl (C=O) groups is 6. The number of nitrogens with zero attached hydrogens (tertiary/aromatic N) is 2. The van der Waals surface area contributed by atoms with Gasteiger partial charge in [0, 0.05) is 23.2 Å². The Hall–Kier alpha value is -5.26. The van der Waals surface area contributed by atoms with E-state index in [-0.39, 0.29) is 23.9 Å². The lowest BCUT2D eigenvalue weighted by atomic mass is 9.94. The Labute approximate surface area is 328 Å². The smallest absolute Gasteiger partial charge is 0.411 e. The molecule has 56 heavy (non-hydrogen) atoms. The molecule has 3 aromatic carbocycles. The van der Waals surface area contributed by atoms with Crippen molar-refractivity contribution in [3.8, 4) is 11.1 Å². The topological polar surface area (TPSA) is 146 Å². The normalized spacial score (nSPS) is 22.5. The van der Waals surface area contributed by atoms with Crippen molar-refractivity contribution < 1.29 is 47.7 Å². The summed E-state index contributed by atoms with van der Waals surface area (Å²) >= 11 is 0. The van der Waals surface area contributed by atoms with Crippen molar-refractivity contribution in [2.45, 2.75) is 117 Å². The first-order valence-electron chi connectivity index (χ1n) is 19.2. The second-order valence-electron chi connectivity index (χ2n) is 17.1. The van der Waals surface area contributed by atoms with Gasteiger partial charge in [0.05, 0.1) is 0 Å². The van der Waals surface area contributed by atoms with Gasteiger partial charge in [-0.3, -0.25) is 19.4 Å². The summed E-state index contributed by atoms with van der Waals surface area (Å²) in [7, 11) is 0. The molecule has 0 radical (unpaired) electrons. The van der Waals surface area contributed by atoms with Gasteiger partial charge in [0.2, 0.25) is 5.78 Å². The third kappa shape index (κ3) is 9.39. The van der Waals surface area contributed by atoms with Gasteiger partial charge in [-0.05, 0) is 102 Å². The van der Waals surface area contributed by atoms with E-state index in [9.17, 15) is 28.8 Å². The Bertz CT molecular complexity index is 1990. The van der Waals surface area contributed by atoms with Crippen molar-refractivity contribution in [3.05, 3.63) is 71.8 Å². The van der Waals surface area contributed by atoms with Crippen LogP contribution in [0.15, 0.2) is 60.7 Å². The highest BCUT2D eigenvalue weighted by Gasteiger charge is 2.47. The van der Waals surface area contributed by atoms with Crippen molar-refractivity contribution in [1.29, 1.82) is 0 Å².